The normalized spacial score (nSPS) is 17.2. The number of rotatable bonds is 1. The first-order chi connectivity index (χ1) is 10.6. The highest BCUT2D eigenvalue weighted by atomic mass is 19.4. The molecule has 0 amide bonds. The van der Waals surface area contributed by atoms with Gasteiger partial charge in [-0.1, -0.05) is 0 Å². The molecule has 1 aliphatic heterocycles. The van der Waals surface area contributed by atoms with Crippen LogP contribution in [0.1, 0.15) is 16.4 Å². The van der Waals surface area contributed by atoms with Gasteiger partial charge in [0.25, 0.3) is 0 Å². The Morgan fingerprint density at radius 1 is 1.35 bits per heavy atom. The van der Waals surface area contributed by atoms with Gasteiger partial charge in [-0.05, 0) is 6.07 Å². The number of hydrogen-bond donors (Lipinski definition) is 1. The maximum Gasteiger partial charge on any atom is 0.412 e. The average Bonchev–Trinajstić information content (AvgIpc) is 2.45. The van der Waals surface area contributed by atoms with Crippen LogP contribution in [0.2, 0.25) is 0 Å². The Kier molecular flexibility index (Phi) is 3.10. The molecule has 1 N–H and O–H groups in total. The summed E-state index contributed by atoms with van der Waals surface area (Å²) in [6.07, 6.45) is -4.38. The molecule has 10 heteroatoms. The molecular formula is C13H6F5NO4. The third-order valence-corrected chi connectivity index (χ3v) is 3.50. The summed E-state index contributed by atoms with van der Waals surface area (Å²) in [5, 5.41) is 8.25. The highest BCUT2D eigenvalue weighted by molar-refractivity contribution is 5.94. The lowest BCUT2D eigenvalue weighted by atomic mass is 10.1. The minimum absolute atomic E-state index is 0.363. The van der Waals surface area contributed by atoms with Crippen LogP contribution in [0.15, 0.2) is 17.1 Å². The zero-order chi connectivity index (χ0) is 17.1. The van der Waals surface area contributed by atoms with Crippen LogP contribution < -0.4 is 10.2 Å². The first kappa shape index (κ1) is 15.3. The molecule has 2 aromatic rings. The number of carboxylic acids is 1. The number of carboxylic acid groups (broad SMARTS) is 1. The summed E-state index contributed by atoms with van der Waals surface area (Å²) in [6.45, 7) is -1.08. The molecule has 0 saturated carbocycles. The minimum atomic E-state index is -4.85. The van der Waals surface area contributed by atoms with Crippen molar-refractivity contribution in [2.45, 2.75) is 12.2 Å². The topological polar surface area (TPSA) is 68.5 Å². The quantitative estimate of drug-likeness (QED) is 0.813. The van der Waals surface area contributed by atoms with Crippen molar-refractivity contribution < 1.29 is 36.6 Å². The van der Waals surface area contributed by atoms with Crippen LogP contribution in [0.3, 0.4) is 0 Å². The lowest BCUT2D eigenvalue weighted by Gasteiger charge is -2.30. The Labute approximate surface area is 123 Å². The summed E-state index contributed by atoms with van der Waals surface area (Å²) in [4.78, 5) is 23.1. The Morgan fingerprint density at radius 2 is 2.00 bits per heavy atom. The molecule has 1 unspecified atom stereocenters. The zero-order valence-corrected chi connectivity index (χ0v) is 10.9. The molecule has 2 heterocycles. The Hall–Kier alpha value is -2.65. The number of aromatic carboxylic acids is 1. The molecular weight excluding hydrogens is 329 g/mol. The van der Waals surface area contributed by atoms with Crippen molar-refractivity contribution in [1.29, 1.82) is 0 Å². The van der Waals surface area contributed by atoms with Crippen molar-refractivity contribution in [2.24, 2.45) is 0 Å². The standard InChI is InChI=1S/C13H6F5NO4/c14-6-1-4-9-11(8(6)15)23-3-7(13(16,17)18)19(9)2-5(10(4)20)12(21)22/h1-2,7H,3H2,(H,21,22). The number of benzene rings is 1. The van der Waals surface area contributed by atoms with Gasteiger partial charge < -0.3 is 14.4 Å². The first-order valence-electron chi connectivity index (χ1n) is 6.12. The first-order valence-corrected chi connectivity index (χ1v) is 6.12. The Morgan fingerprint density at radius 3 is 2.57 bits per heavy atom. The zero-order valence-electron chi connectivity index (χ0n) is 10.9. The van der Waals surface area contributed by atoms with Crippen LogP contribution in [0.5, 0.6) is 5.75 Å². The van der Waals surface area contributed by atoms with E-state index < -0.39 is 64.1 Å². The summed E-state index contributed by atoms with van der Waals surface area (Å²) in [7, 11) is 0. The molecule has 23 heavy (non-hydrogen) atoms. The molecule has 1 aromatic heterocycles. The van der Waals surface area contributed by atoms with Gasteiger partial charge in [0.2, 0.25) is 11.2 Å². The number of aromatic nitrogens is 1. The van der Waals surface area contributed by atoms with Gasteiger partial charge in [-0.15, -0.1) is 0 Å². The number of pyridine rings is 1. The second kappa shape index (κ2) is 4.67. The van der Waals surface area contributed by atoms with Crippen LogP contribution in [0.25, 0.3) is 10.9 Å². The SMILES string of the molecule is O=C(O)c1cn2c3c(c(F)c(F)cc3c1=O)OCC2C(F)(F)F. The van der Waals surface area contributed by atoms with E-state index in [-0.39, 0.29) is 0 Å². The number of halogens is 5. The van der Waals surface area contributed by atoms with E-state index in [1.165, 1.54) is 0 Å². The third-order valence-electron chi connectivity index (χ3n) is 3.50. The highest BCUT2D eigenvalue weighted by Crippen LogP contribution is 2.41. The van der Waals surface area contributed by atoms with E-state index in [0.29, 0.717) is 16.8 Å². The molecule has 1 aliphatic rings. The lowest BCUT2D eigenvalue weighted by molar-refractivity contribution is -0.175. The lowest BCUT2D eigenvalue weighted by Crippen LogP contribution is -2.36. The molecule has 0 aliphatic carbocycles. The van der Waals surface area contributed by atoms with Crippen LogP contribution in [-0.2, 0) is 0 Å². The van der Waals surface area contributed by atoms with Crippen molar-refractivity contribution in [2.75, 3.05) is 6.61 Å². The largest absolute Gasteiger partial charge is 0.486 e. The van der Waals surface area contributed by atoms with E-state index in [4.69, 9.17) is 5.11 Å². The number of ether oxygens (including phenoxy) is 1. The van der Waals surface area contributed by atoms with Crippen molar-refractivity contribution in [3.8, 4) is 5.75 Å². The van der Waals surface area contributed by atoms with Crippen LogP contribution in [0, 0.1) is 11.6 Å². The summed E-state index contributed by atoms with van der Waals surface area (Å²) < 4.78 is 71.6. The molecule has 0 bridgehead atoms. The van der Waals surface area contributed by atoms with Crippen molar-refractivity contribution in [3.63, 3.8) is 0 Å². The molecule has 0 fully saturated rings. The van der Waals surface area contributed by atoms with E-state index in [9.17, 15) is 31.5 Å². The fraction of sp³-hybridized carbons (Fsp3) is 0.231. The van der Waals surface area contributed by atoms with Gasteiger partial charge in [0.15, 0.2) is 17.6 Å². The van der Waals surface area contributed by atoms with Crippen molar-refractivity contribution >= 4 is 16.9 Å². The number of hydrogen-bond acceptors (Lipinski definition) is 3. The monoisotopic (exact) mass is 335 g/mol. The molecule has 3 rings (SSSR count). The molecule has 0 radical (unpaired) electrons. The van der Waals surface area contributed by atoms with Crippen molar-refractivity contribution in [3.05, 3.63) is 39.7 Å². The van der Waals surface area contributed by atoms with Crippen LogP contribution >= 0.6 is 0 Å². The number of alkyl halides is 3. The molecule has 1 aromatic carbocycles. The van der Waals surface area contributed by atoms with Gasteiger partial charge in [0.05, 0.1) is 10.9 Å². The minimum Gasteiger partial charge on any atom is -0.486 e. The molecule has 0 spiro atoms. The smallest absolute Gasteiger partial charge is 0.412 e. The predicted molar refractivity (Wildman–Crippen MR) is 65.7 cm³/mol. The summed E-state index contributed by atoms with van der Waals surface area (Å²) in [5.41, 5.74) is -2.84. The summed E-state index contributed by atoms with van der Waals surface area (Å²) >= 11 is 0. The van der Waals surface area contributed by atoms with E-state index in [2.05, 4.69) is 4.74 Å². The van der Waals surface area contributed by atoms with Gasteiger partial charge in [-0.2, -0.15) is 17.6 Å². The van der Waals surface area contributed by atoms with Gasteiger partial charge >= 0.3 is 12.1 Å². The molecule has 1 atom stereocenters. The summed E-state index contributed by atoms with van der Waals surface area (Å²) in [5.74, 6) is -5.70. The Balaban J connectivity index is 2.52. The van der Waals surface area contributed by atoms with E-state index >= 15 is 0 Å². The number of nitrogens with zero attached hydrogens (tertiary/aromatic N) is 1. The maximum atomic E-state index is 13.7. The second-order valence-corrected chi connectivity index (χ2v) is 4.85. The van der Waals surface area contributed by atoms with Gasteiger partial charge in [0, 0.05) is 6.20 Å². The third kappa shape index (κ3) is 2.13. The molecule has 122 valence electrons. The maximum absolute atomic E-state index is 13.7. The highest BCUT2D eigenvalue weighted by Gasteiger charge is 2.45. The number of carbonyl (C=O) groups is 1. The Bertz CT molecular complexity index is 902. The predicted octanol–water partition coefficient (Wildman–Crippen LogP) is 2.47. The van der Waals surface area contributed by atoms with E-state index in [0.717, 1.165) is 0 Å². The van der Waals surface area contributed by atoms with Crippen LogP contribution in [-0.4, -0.2) is 28.4 Å². The van der Waals surface area contributed by atoms with Gasteiger partial charge in [-0.25, -0.2) is 9.18 Å². The fourth-order valence-corrected chi connectivity index (χ4v) is 2.45. The molecule has 5 nitrogen and oxygen atoms in total. The van der Waals surface area contributed by atoms with Crippen LogP contribution in [0.4, 0.5) is 22.0 Å². The second-order valence-electron chi connectivity index (χ2n) is 4.85. The van der Waals surface area contributed by atoms with E-state index in [1.807, 2.05) is 0 Å². The average molecular weight is 335 g/mol. The summed E-state index contributed by atoms with van der Waals surface area (Å²) in [6, 6.07) is -1.97. The van der Waals surface area contributed by atoms with Crippen molar-refractivity contribution in [1.82, 2.24) is 4.57 Å². The fourth-order valence-electron chi connectivity index (χ4n) is 2.45. The molecule has 0 saturated heterocycles. The van der Waals surface area contributed by atoms with E-state index in [1.54, 1.807) is 0 Å². The van der Waals surface area contributed by atoms with Gasteiger partial charge in [-0.3, -0.25) is 4.79 Å². The van der Waals surface area contributed by atoms with Gasteiger partial charge in [0.1, 0.15) is 12.2 Å².